The number of nitrogens with zero attached hydrogens (tertiary/aromatic N) is 2. The number of carbonyl (C=O) groups excluding carboxylic acids is 3. The Balaban J connectivity index is 5.19. The molecule has 356 valence electrons. The molecule has 0 aliphatic carbocycles. The Hall–Kier alpha value is -1.67. The summed E-state index contributed by atoms with van der Waals surface area (Å²) in [5.41, 5.74) is 0. The number of nitrogens with one attached hydrogen (secondary N) is 1. The zero-order chi connectivity index (χ0) is 44.3. The summed E-state index contributed by atoms with van der Waals surface area (Å²) in [7, 11) is 4.26. The van der Waals surface area contributed by atoms with E-state index in [0.717, 1.165) is 96.7 Å². The third-order valence-electron chi connectivity index (χ3n) is 12.5. The van der Waals surface area contributed by atoms with Gasteiger partial charge in [0.05, 0.1) is 13.2 Å². The van der Waals surface area contributed by atoms with Gasteiger partial charge < -0.3 is 19.7 Å². The number of rotatable bonds is 46. The number of ether oxygens (including phenoxy) is 2. The van der Waals surface area contributed by atoms with E-state index in [9.17, 15) is 14.4 Å². The molecule has 0 fully saturated rings. The van der Waals surface area contributed by atoms with Crippen molar-refractivity contribution in [3.8, 4) is 0 Å². The first-order valence-corrected chi connectivity index (χ1v) is 26.2. The standard InChI is InChI=1S/C52H103N3O5/c1-8-13-18-21-22-29-38-50(56)53-41-42-55(44-43-54(6)7)49(36-27-23-30-39-51(57)59-45-47(32-16-11-4)34-25-19-14-9-2)37-28-24-31-40-52(58)60-46-48(33-17-12-5)35-26-20-15-10-3/h47-49H,8-46H2,1-7H3,(H,53,56). The van der Waals surface area contributed by atoms with E-state index < -0.39 is 0 Å². The van der Waals surface area contributed by atoms with Gasteiger partial charge in [-0.25, -0.2) is 0 Å². The van der Waals surface area contributed by atoms with Crippen LogP contribution in [-0.4, -0.2) is 87.2 Å². The smallest absolute Gasteiger partial charge is 0.305 e. The van der Waals surface area contributed by atoms with Crippen LogP contribution >= 0.6 is 0 Å². The zero-order valence-electron chi connectivity index (χ0n) is 41.2. The summed E-state index contributed by atoms with van der Waals surface area (Å²) in [6, 6.07) is 0.401. The number of amides is 1. The van der Waals surface area contributed by atoms with Crippen LogP contribution in [0.25, 0.3) is 0 Å². The van der Waals surface area contributed by atoms with Crippen molar-refractivity contribution >= 4 is 17.8 Å². The molecule has 0 saturated carbocycles. The van der Waals surface area contributed by atoms with Crippen molar-refractivity contribution in [2.75, 3.05) is 53.5 Å². The third kappa shape index (κ3) is 38.0. The first kappa shape index (κ1) is 58.3. The van der Waals surface area contributed by atoms with Gasteiger partial charge in [-0.15, -0.1) is 0 Å². The average Bonchev–Trinajstić information content (AvgIpc) is 3.23. The van der Waals surface area contributed by atoms with Crippen molar-refractivity contribution in [3.05, 3.63) is 0 Å². The largest absolute Gasteiger partial charge is 0.465 e. The predicted octanol–water partition coefficient (Wildman–Crippen LogP) is 13.6. The molecule has 0 radical (unpaired) electrons. The minimum absolute atomic E-state index is 0.0344. The van der Waals surface area contributed by atoms with Crippen LogP contribution in [0, 0.1) is 11.8 Å². The van der Waals surface area contributed by atoms with E-state index in [4.69, 9.17) is 9.47 Å². The highest BCUT2D eigenvalue weighted by Gasteiger charge is 2.20. The molecule has 0 heterocycles. The second-order valence-corrected chi connectivity index (χ2v) is 18.6. The van der Waals surface area contributed by atoms with Gasteiger partial charge in [0, 0.05) is 51.5 Å². The normalized spacial score (nSPS) is 13.2. The minimum atomic E-state index is -0.0344. The van der Waals surface area contributed by atoms with Gasteiger partial charge in [0.2, 0.25) is 5.91 Å². The van der Waals surface area contributed by atoms with Crippen molar-refractivity contribution in [1.82, 2.24) is 15.1 Å². The maximum Gasteiger partial charge on any atom is 0.305 e. The van der Waals surface area contributed by atoms with Gasteiger partial charge in [0.25, 0.3) is 0 Å². The summed E-state index contributed by atoms with van der Waals surface area (Å²) >= 11 is 0. The summed E-state index contributed by atoms with van der Waals surface area (Å²) in [4.78, 5) is 43.1. The quantitative estimate of drug-likeness (QED) is 0.0482. The van der Waals surface area contributed by atoms with Gasteiger partial charge in [-0.2, -0.15) is 0 Å². The van der Waals surface area contributed by atoms with E-state index in [-0.39, 0.29) is 17.8 Å². The van der Waals surface area contributed by atoms with Gasteiger partial charge >= 0.3 is 11.9 Å². The molecule has 0 aliphatic rings. The van der Waals surface area contributed by atoms with Gasteiger partial charge in [-0.05, 0) is 83.7 Å². The van der Waals surface area contributed by atoms with Crippen LogP contribution in [0.5, 0.6) is 0 Å². The zero-order valence-corrected chi connectivity index (χ0v) is 41.2. The third-order valence-corrected chi connectivity index (χ3v) is 12.5. The fourth-order valence-electron chi connectivity index (χ4n) is 8.35. The first-order chi connectivity index (χ1) is 29.2. The van der Waals surface area contributed by atoms with Crippen molar-refractivity contribution in [2.45, 2.75) is 253 Å². The Labute approximate surface area is 373 Å². The summed E-state index contributed by atoms with van der Waals surface area (Å²) in [5, 5.41) is 3.23. The lowest BCUT2D eigenvalue weighted by Crippen LogP contribution is -2.44. The van der Waals surface area contributed by atoms with Crippen molar-refractivity contribution in [3.63, 3.8) is 0 Å². The Morgan fingerprint density at radius 2 is 0.817 bits per heavy atom. The van der Waals surface area contributed by atoms with E-state index >= 15 is 0 Å². The lowest BCUT2D eigenvalue weighted by Gasteiger charge is -2.33. The summed E-state index contributed by atoms with van der Waals surface area (Å²) in [6.07, 6.45) is 36.4. The van der Waals surface area contributed by atoms with Gasteiger partial charge in [-0.1, -0.05) is 169 Å². The fraction of sp³-hybridized carbons (Fsp3) is 0.942. The Kier molecular flexibility index (Phi) is 42.7. The topological polar surface area (TPSA) is 88.2 Å². The fourth-order valence-corrected chi connectivity index (χ4v) is 8.35. The molecule has 2 unspecified atom stereocenters. The molecule has 0 aromatic heterocycles. The molecule has 0 aromatic rings. The van der Waals surface area contributed by atoms with Crippen molar-refractivity contribution in [2.24, 2.45) is 11.8 Å². The second-order valence-electron chi connectivity index (χ2n) is 18.6. The molecular weight excluding hydrogens is 747 g/mol. The van der Waals surface area contributed by atoms with Gasteiger partial charge in [-0.3, -0.25) is 19.3 Å². The summed E-state index contributed by atoms with van der Waals surface area (Å²) in [6.45, 7) is 15.8. The number of hydrogen-bond acceptors (Lipinski definition) is 7. The highest BCUT2D eigenvalue weighted by molar-refractivity contribution is 5.75. The molecule has 1 N–H and O–H groups in total. The van der Waals surface area contributed by atoms with E-state index in [1.807, 2.05) is 0 Å². The van der Waals surface area contributed by atoms with E-state index in [2.05, 4.69) is 63.8 Å². The number of carbonyl (C=O) groups is 3. The maximum absolute atomic E-state index is 12.8. The van der Waals surface area contributed by atoms with Crippen LogP contribution < -0.4 is 5.32 Å². The van der Waals surface area contributed by atoms with Gasteiger partial charge in [0.1, 0.15) is 0 Å². The van der Waals surface area contributed by atoms with Gasteiger partial charge in [0.15, 0.2) is 0 Å². The number of hydrogen-bond donors (Lipinski definition) is 1. The Morgan fingerprint density at radius 1 is 0.433 bits per heavy atom. The first-order valence-electron chi connectivity index (χ1n) is 26.2. The van der Waals surface area contributed by atoms with E-state index in [0.29, 0.717) is 56.9 Å². The highest BCUT2D eigenvalue weighted by Crippen LogP contribution is 2.22. The molecule has 0 saturated heterocycles. The number of likely N-dealkylation sites (N-methyl/N-ethyl adjacent to an activating group) is 1. The molecule has 2 atom stereocenters. The molecule has 8 heteroatoms. The SMILES string of the molecule is CCCCCCCCC(=O)NCCN(CCN(C)C)C(CCCCCC(=O)OCC(CCCC)CCCCCC)CCCCCC(=O)OCC(CCCC)CCCCCC. The molecule has 0 spiro atoms. The number of unbranched alkanes of at least 4 members (excludes halogenated alkanes) is 17. The Morgan fingerprint density at radius 3 is 1.28 bits per heavy atom. The van der Waals surface area contributed by atoms with Crippen LogP contribution in [0.4, 0.5) is 0 Å². The maximum atomic E-state index is 12.8. The molecule has 60 heavy (non-hydrogen) atoms. The van der Waals surface area contributed by atoms with Crippen LogP contribution in [0.3, 0.4) is 0 Å². The van der Waals surface area contributed by atoms with Crippen LogP contribution in [0.2, 0.25) is 0 Å². The monoisotopic (exact) mass is 850 g/mol. The molecule has 1 amide bonds. The van der Waals surface area contributed by atoms with Crippen LogP contribution in [0.1, 0.15) is 247 Å². The molecule has 0 bridgehead atoms. The predicted molar refractivity (Wildman–Crippen MR) is 257 cm³/mol. The second kappa shape index (κ2) is 44.0. The molecule has 8 nitrogen and oxygen atoms in total. The molecule has 0 aromatic carbocycles. The van der Waals surface area contributed by atoms with E-state index in [1.54, 1.807) is 0 Å². The summed E-state index contributed by atoms with van der Waals surface area (Å²) in [5.74, 6) is 1.10. The molecule has 0 rings (SSSR count). The summed E-state index contributed by atoms with van der Waals surface area (Å²) < 4.78 is 11.7. The average molecular weight is 850 g/mol. The minimum Gasteiger partial charge on any atom is -0.465 e. The van der Waals surface area contributed by atoms with E-state index in [1.165, 1.54) is 116 Å². The number of esters is 2. The Bertz CT molecular complexity index is 912. The highest BCUT2D eigenvalue weighted by atomic mass is 16.5. The van der Waals surface area contributed by atoms with Crippen LogP contribution in [-0.2, 0) is 23.9 Å². The lowest BCUT2D eigenvalue weighted by atomic mass is 9.96. The van der Waals surface area contributed by atoms with Crippen molar-refractivity contribution < 1.29 is 23.9 Å². The van der Waals surface area contributed by atoms with Crippen molar-refractivity contribution in [1.29, 1.82) is 0 Å². The lowest BCUT2D eigenvalue weighted by molar-refractivity contribution is -0.146. The molecular formula is C52H103N3O5. The van der Waals surface area contributed by atoms with Crippen LogP contribution in [0.15, 0.2) is 0 Å². The molecule has 0 aliphatic heterocycles.